The van der Waals surface area contributed by atoms with Crippen LogP contribution in [0.2, 0.25) is 0 Å². The second-order valence-electron chi connectivity index (χ2n) is 12.0. The Kier molecular flexibility index (Phi) is 6.97. The molecule has 1 fully saturated rings. The molecule has 0 heterocycles. The number of hydrogen-bond donors (Lipinski definition) is 3. The summed E-state index contributed by atoms with van der Waals surface area (Å²) in [5.41, 5.74) is -1.77. The average Bonchev–Trinajstić information content (AvgIpc) is 2.69. The van der Waals surface area contributed by atoms with Gasteiger partial charge in [0.25, 0.3) is 0 Å². The van der Waals surface area contributed by atoms with Crippen molar-refractivity contribution in [2.24, 2.45) is 23.2 Å². The predicted octanol–water partition coefficient (Wildman–Crippen LogP) is 5.11. The van der Waals surface area contributed by atoms with E-state index in [0.717, 1.165) is 50.5 Å². The first-order chi connectivity index (χ1) is 14.3. The van der Waals surface area contributed by atoms with Gasteiger partial charge in [-0.05, 0) is 114 Å². The highest BCUT2D eigenvalue weighted by molar-refractivity contribution is 5.95. The zero-order valence-corrected chi connectivity index (χ0v) is 20.3. The van der Waals surface area contributed by atoms with Crippen LogP contribution in [0.1, 0.15) is 98.8 Å². The van der Waals surface area contributed by atoms with Gasteiger partial charge in [0.2, 0.25) is 0 Å². The van der Waals surface area contributed by atoms with Gasteiger partial charge in [0, 0.05) is 5.92 Å². The molecule has 3 N–H and O–H groups in total. The molecule has 0 radical (unpaired) electrons. The van der Waals surface area contributed by atoms with Crippen molar-refractivity contribution in [1.29, 1.82) is 0 Å². The molecule has 3 aliphatic rings. The van der Waals surface area contributed by atoms with Gasteiger partial charge >= 0.3 is 0 Å². The van der Waals surface area contributed by atoms with Crippen molar-refractivity contribution in [3.05, 3.63) is 23.8 Å². The van der Waals surface area contributed by atoms with Crippen molar-refractivity contribution in [2.75, 3.05) is 0 Å². The number of fused-ring (bicyclic) bond motifs is 3. The second kappa shape index (κ2) is 8.76. The van der Waals surface area contributed by atoms with Crippen molar-refractivity contribution in [2.45, 2.75) is 116 Å². The lowest BCUT2D eigenvalue weighted by molar-refractivity contribution is -0.126. The van der Waals surface area contributed by atoms with Crippen LogP contribution >= 0.6 is 0 Å². The van der Waals surface area contributed by atoms with Crippen LogP contribution in [-0.4, -0.2) is 37.9 Å². The number of aliphatic hydroxyl groups is 3. The Morgan fingerprint density at radius 1 is 1.03 bits per heavy atom. The fourth-order valence-corrected chi connectivity index (χ4v) is 6.55. The molecule has 1 saturated carbocycles. The third-order valence-corrected chi connectivity index (χ3v) is 8.70. The number of ketones is 1. The van der Waals surface area contributed by atoms with Crippen molar-refractivity contribution in [3.8, 4) is 0 Å². The van der Waals surface area contributed by atoms with Crippen LogP contribution in [0.3, 0.4) is 0 Å². The molecular weight excluding hydrogens is 388 g/mol. The highest BCUT2D eigenvalue weighted by Crippen LogP contribution is 2.55. The molecule has 0 aromatic rings. The molecule has 0 bridgehead atoms. The monoisotopic (exact) mass is 432 g/mol. The predicted molar refractivity (Wildman–Crippen MR) is 125 cm³/mol. The lowest BCUT2D eigenvalue weighted by Gasteiger charge is -2.50. The summed E-state index contributed by atoms with van der Waals surface area (Å²) in [5.74, 6) is 0.498. The van der Waals surface area contributed by atoms with E-state index in [0.29, 0.717) is 19.3 Å². The molecular formula is C27H44O4. The van der Waals surface area contributed by atoms with Crippen molar-refractivity contribution in [3.63, 3.8) is 0 Å². The minimum atomic E-state index is -1.03. The second-order valence-corrected chi connectivity index (χ2v) is 12.0. The minimum absolute atomic E-state index is 0.0172. The van der Waals surface area contributed by atoms with E-state index in [2.05, 4.69) is 19.1 Å². The number of carbonyl (C=O) groups excluding carboxylic acids is 1. The Balaban J connectivity index is 1.80. The van der Waals surface area contributed by atoms with Gasteiger partial charge < -0.3 is 15.3 Å². The number of carbonyl (C=O) groups is 1. The molecule has 0 aromatic heterocycles. The Morgan fingerprint density at radius 2 is 1.74 bits per heavy atom. The van der Waals surface area contributed by atoms with E-state index in [4.69, 9.17) is 0 Å². The number of rotatable bonds is 5. The van der Waals surface area contributed by atoms with E-state index in [-0.39, 0.29) is 29.0 Å². The molecule has 0 aliphatic heterocycles. The molecule has 0 aromatic carbocycles. The van der Waals surface area contributed by atoms with Crippen LogP contribution in [0.15, 0.2) is 23.8 Å². The van der Waals surface area contributed by atoms with Gasteiger partial charge in [0.05, 0.1) is 16.8 Å². The topological polar surface area (TPSA) is 77.8 Å². The first-order valence-electron chi connectivity index (χ1n) is 12.3. The first kappa shape index (κ1) is 24.7. The summed E-state index contributed by atoms with van der Waals surface area (Å²) in [4.78, 5) is 13.0. The maximum Gasteiger partial charge on any atom is 0.159 e. The van der Waals surface area contributed by atoms with Gasteiger partial charge in [-0.3, -0.25) is 4.79 Å². The smallest absolute Gasteiger partial charge is 0.159 e. The lowest BCUT2D eigenvalue weighted by Crippen LogP contribution is -2.48. The summed E-state index contributed by atoms with van der Waals surface area (Å²) in [6.07, 6.45) is 14.1. The Hall–Kier alpha value is -0.970. The zero-order chi connectivity index (χ0) is 23.1. The van der Waals surface area contributed by atoms with Crippen molar-refractivity contribution in [1.82, 2.24) is 0 Å². The van der Waals surface area contributed by atoms with Gasteiger partial charge in [-0.1, -0.05) is 25.5 Å². The SMILES string of the molecule is CC(C)(O)CCCC(C)(O)C1CCCC2C(=CC(=O)C3CC=CCC32C)C(C)(O)CC1. The molecule has 3 aliphatic carbocycles. The van der Waals surface area contributed by atoms with Crippen LogP contribution in [0, 0.1) is 23.2 Å². The average molecular weight is 433 g/mol. The number of hydrogen-bond acceptors (Lipinski definition) is 4. The molecule has 31 heavy (non-hydrogen) atoms. The maximum atomic E-state index is 13.0. The van der Waals surface area contributed by atoms with Crippen LogP contribution in [-0.2, 0) is 4.79 Å². The first-order valence-corrected chi connectivity index (χ1v) is 12.3. The van der Waals surface area contributed by atoms with Crippen molar-refractivity contribution >= 4 is 5.78 Å². The standard InChI is InChI=1S/C27H44O4/c1-24(2,29)14-9-16-26(4,30)19-10-8-12-20-22(27(5,31)17-13-19)18-23(28)21-11-6-7-15-25(20,21)3/h6-7,18-21,29-31H,8-17H2,1-5H3. The third-order valence-electron chi connectivity index (χ3n) is 8.70. The molecule has 176 valence electrons. The minimum Gasteiger partial charge on any atom is -0.390 e. The molecule has 6 atom stereocenters. The summed E-state index contributed by atoms with van der Waals surface area (Å²) >= 11 is 0. The summed E-state index contributed by atoms with van der Waals surface area (Å²) in [6, 6.07) is 0. The summed E-state index contributed by atoms with van der Waals surface area (Å²) in [5, 5.41) is 32.9. The van der Waals surface area contributed by atoms with Gasteiger partial charge in [0.15, 0.2) is 5.78 Å². The van der Waals surface area contributed by atoms with Crippen LogP contribution in [0.25, 0.3) is 0 Å². The fourth-order valence-electron chi connectivity index (χ4n) is 6.55. The highest BCUT2D eigenvalue weighted by atomic mass is 16.3. The lowest BCUT2D eigenvalue weighted by atomic mass is 9.54. The third kappa shape index (κ3) is 5.34. The largest absolute Gasteiger partial charge is 0.390 e. The van der Waals surface area contributed by atoms with E-state index in [1.165, 1.54) is 0 Å². The number of allylic oxidation sites excluding steroid dienone is 3. The van der Waals surface area contributed by atoms with E-state index >= 15 is 0 Å². The highest BCUT2D eigenvalue weighted by Gasteiger charge is 2.52. The summed E-state index contributed by atoms with van der Waals surface area (Å²) in [6.45, 7) is 9.66. The summed E-state index contributed by atoms with van der Waals surface area (Å²) < 4.78 is 0. The van der Waals surface area contributed by atoms with E-state index in [1.807, 2.05) is 27.7 Å². The Bertz CT molecular complexity index is 724. The molecule has 3 rings (SSSR count). The van der Waals surface area contributed by atoms with Gasteiger partial charge in [-0.25, -0.2) is 0 Å². The van der Waals surface area contributed by atoms with Crippen LogP contribution in [0.5, 0.6) is 0 Å². The van der Waals surface area contributed by atoms with Crippen LogP contribution < -0.4 is 0 Å². The normalized spacial score (nSPS) is 38.8. The molecule has 4 heteroatoms. The van der Waals surface area contributed by atoms with E-state index < -0.39 is 16.8 Å². The quantitative estimate of drug-likeness (QED) is 0.528. The molecule has 0 saturated heterocycles. The van der Waals surface area contributed by atoms with Crippen molar-refractivity contribution < 1.29 is 20.1 Å². The summed E-state index contributed by atoms with van der Waals surface area (Å²) in [7, 11) is 0. The van der Waals surface area contributed by atoms with Gasteiger partial charge in [0.1, 0.15) is 0 Å². The molecule has 0 amide bonds. The van der Waals surface area contributed by atoms with Gasteiger partial charge in [-0.2, -0.15) is 0 Å². The molecule has 6 unspecified atom stereocenters. The molecule has 4 nitrogen and oxygen atoms in total. The van der Waals surface area contributed by atoms with E-state index in [9.17, 15) is 20.1 Å². The zero-order valence-electron chi connectivity index (χ0n) is 20.3. The maximum absolute atomic E-state index is 13.0. The molecule has 0 spiro atoms. The van der Waals surface area contributed by atoms with Gasteiger partial charge in [-0.15, -0.1) is 0 Å². The fraction of sp³-hybridized carbons (Fsp3) is 0.815. The van der Waals surface area contributed by atoms with Crippen LogP contribution in [0.4, 0.5) is 0 Å². The van der Waals surface area contributed by atoms with E-state index in [1.54, 1.807) is 6.08 Å². The Labute approximate surface area is 188 Å². The Morgan fingerprint density at radius 3 is 2.42 bits per heavy atom.